The number of carbonyl (C=O) groups is 5. The highest BCUT2D eigenvalue weighted by Gasteiger charge is 2.55. The molecule has 10 nitrogen and oxygen atoms in total. The van der Waals surface area contributed by atoms with E-state index in [9.17, 15) is 24.0 Å². The maximum atomic E-state index is 14.3. The van der Waals surface area contributed by atoms with E-state index in [2.05, 4.69) is 59.6 Å². The number of thiol groups is 1. The molecule has 0 heterocycles. The molecule has 0 aliphatic carbocycles. The minimum Gasteiger partial charge on any atom is -0.356 e. The standard InChI is InChI=1S/C36H67N5O5S3/c1-13-35(11,31(45)40-19-22-49-48-21-18-38-29(43)25(2)3)34(9,10)24-36(12,32(46)39-17-14-16-37-28(42)15-20-47)33(7,8)23-27(6)30(44)41-26(4)5/h26-27,47H,2,13-24H2,1,3-12H3,(H,37,42)(H,38,43)(H,39,46)(H,40,45)(H,41,44). The largest absolute Gasteiger partial charge is 0.356 e. The Bertz CT molecular complexity index is 1120. The molecule has 0 saturated carbocycles. The molecule has 0 aliphatic heterocycles. The fourth-order valence-corrected chi connectivity index (χ4v) is 7.96. The Morgan fingerprint density at radius 3 is 1.78 bits per heavy atom. The molecule has 49 heavy (non-hydrogen) atoms. The summed E-state index contributed by atoms with van der Waals surface area (Å²) >= 11 is 4.10. The minimum absolute atomic E-state index is 0.00930. The fourth-order valence-electron chi connectivity index (χ4n) is 5.94. The van der Waals surface area contributed by atoms with Gasteiger partial charge in [-0.05, 0) is 63.0 Å². The SMILES string of the molecule is C=C(C)C(=O)NCCSSCCNC(=O)C(C)(CC)C(C)(C)CC(C)(C(=O)NCCCNC(=O)CCS)C(C)(C)CC(C)C(=O)NC(C)C. The van der Waals surface area contributed by atoms with Crippen molar-refractivity contribution in [1.82, 2.24) is 26.6 Å². The van der Waals surface area contributed by atoms with Gasteiger partial charge in [-0.1, -0.05) is 83.6 Å². The molecule has 0 rings (SSSR count). The summed E-state index contributed by atoms with van der Waals surface area (Å²) in [7, 11) is 3.28. The van der Waals surface area contributed by atoms with Gasteiger partial charge in [0.2, 0.25) is 29.5 Å². The van der Waals surface area contributed by atoms with Crippen LogP contribution in [-0.2, 0) is 24.0 Å². The molecular formula is C36H67N5O5S3. The number of hydrogen-bond acceptors (Lipinski definition) is 8. The lowest BCUT2D eigenvalue weighted by molar-refractivity contribution is -0.151. The summed E-state index contributed by atoms with van der Waals surface area (Å²) in [4.78, 5) is 64.6. The van der Waals surface area contributed by atoms with Gasteiger partial charge in [0.25, 0.3) is 0 Å². The number of carbonyl (C=O) groups excluding carboxylic acids is 5. The van der Waals surface area contributed by atoms with Crippen LogP contribution in [0.2, 0.25) is 0 Å². The van der Waals surface area contributed by atoms with Crippen molar-refractivity contribution < 1.29 is 24.0 Å². The molecule has 5 N–H and O–H groups in total. The van der Waals surface area contributed by atoms with E-state index in [1.807, 2.05) is 55.4 Å². The zero-order chi connectivity index (χ0) is 38.1. The highest BCUT2D eigenvalue weighted by atomic mass is 33.1. The van der Waals surface area contributed by atoms with Crippen molar-refractivity contribution in [3.8, 4) is 0 Å². The Hall–Kier alpha value is -1.86. The van der Waals surface area contributed by atoms with Gasteiger partial charge in [0.1, 0.15) is 0 Å². The Morgan fingerprint density at radius 2 is 1.27 bits per heavy atom. The third-order valence-electron chi connectivity index (χ3n) is 9.90. The molecule has 0 aromatic carbocycles. The van der Waals surface area contributed by atoms with Gasteiger partial charge in [-0.25, -0.2) is 0 Å². The van der Waals surface area contributed by atoms with Crippen LogP contribution in [0.15, 0.2) is 12.2 Å². The highest BCUT2D eigenvalue weighted by Crippen LogP contribution is 2.55. The van der Waals surface area contributed by atoms with E-state index in [4.69, 9.17) is 0 Å². The number of nitrogens with one attached hydrogen (secondary N) is 5. The van der Waals surface area contributed by atoms with E-state index in [1.165, 1.54) is 0 Å². The molecule has 0 aliphatic rings. The van der Waals surface area contributed by atoms with Gasteiger partial charge in [-0.2, -0.15) is 12.6 Å². The molecule has 0 radical (unpaired) electrons. The third kappa shape index (κ3) is 15.5. The Balaban J connectivity index is 5.85. The normalized spacial score (nSPS) is 15.0. The summed E-state index contributed by atoms with van der Waals surface area (Å²) in [6.45, 7) is 27.1. The molecular weight excluding hydrogens is 679 g/mol. The monoisotopic (exact) mass is 745 g/mol. The van der Waals surface area contributed by atoms with E-state index >= 15 is 0 Å². The van der Waals surface area contributed by atoms with E-state index in [0.29, 0.717) is 75.4 Å². The second-order valence-corrected chi connectivity index (χ2v) is 18.2. The summed E-state index contributed by atoms with van der Waals surface area (Å²) in [5, 5.41) is 14.9. The van der Waals surface area contributed by atoms with Crippen LogP contribution in [0.3, 0.4) is 0 Å². The lowest BCUT2D eigenvalue weighted by Crippen LogP contribution is -2.56. The lowest BCUT2D eigenvalue weighted by atomic mass is 9.52. The summed E-state index contributed by atoms with van der Waals surface area (Å²) < 4.78 is 0. The minimum atomic E-state index is -0.944. The van der Waals surface area contributed by atoms with Crippen molar-refractivity contribution in [2.45, 2.75) is 114 Å². The van der Waals surface area contributed by atoms with Gasteiger partial charge in [0, 0.05) is 61.6 Å². The topological polar surface area (TPSA) is 146 Å². The van der Waals surface area contributed by atoms with Crippen molar-refractivity contribution in [1.29, 1.82) is 0 Å². The molecule has 5 amide bonds. The van der Waals surface area contributed by atoms with Crippen LogP contribution in [0.5, 0.6) is 0 Å². The summed E-state index contributed by atoms with van der Waals surface area (Å²) in [6.07, 6.45) is 2.39. The van der Waals surface area contributed by atoms with Crippen LogP contribution < -0.4 is 26.6 Å². The first-order chi connectivity index (χ1) is 22.6. The Kier molecular flexibility index (Phi) is 21.3. The van der Waals surface area contributed by atoms with Gasteiger partial charge in [-0.3, -0.25) is 24.0 Å². The second-order valence-electron chi connectivity index (χ2n) is 15.1. The van der Waals surface area contributed by atoms with Gasteiger partial charge in [-0.15, -0.1) is 0 Å². The maximum absolute atomic E-state index is 14.3. The van der Waals surface area contributed by atoms with Gasteiger partial charge in [0.05, 0.1) is 10.8 Å². The van der Waals surface area contributed by atoms with Crippen LogP contribution in [0.25, 0.3) is 0 Å². The maximum Gasteiger partial charge on any atom is 0.246 e. The Morgan fingerprint density at radius 1 is 0.755 bits per heavy atom. The summed E-state index contributed by atoms with van der Waals surface area (Å²) in [5.74, 6) is 1.16. The van der Waals surface area contributed by atoms with Crippen LogP contribution in [0.1, 0.15) is 108 Å². The lowest BCUT2D eigenvalue weighted by Gasteiger charge is -2.52. The molecule has 0 bridgehead atoms. The molecule has 0 fully saturated rings. The van der Waals surface area contributed by atoms with Crippen molar-refractivity contribution in [3.05, 3.63) is 12.2 Å². The molecule has 0 spiro atoms. The summed E-state index contributed by atoms with van der Waals surface area (Å²) in [6, 6.07) is 0.00930. The van der Waals surface area contributed by atoms with E-state index in [-0.39, 0.29) is 41.5 Å². The molecule has 3 atom stereocenters. The van der Waals surface area contributed by atoms with Crippen molar-refractivity contribution >= 4 is 63.8 Å². The predicted molar refractivity (Wildman–Crippen MR) is 211 cm³/mol. The quantitative estimate of drug-likeness (QED) is 0.0312. The van der Waals surface area contributed by atoms with Gasteiger partial charge in [0.15, 0.2) is 0 Å². The number of rotatable bonds is 25. The van der Waals surface area contributed by atoms with Crippen molar-refractivity contribution in [3.63, 3.8) is 0 Å². The molecule has 0 aromatic heterocycles. The Labute approximate surface area is 310 Å². The average Bonchev–Trinajstić information content (AvgIpc) is 3.00. The zero-order valence-corrected chi connectivity index (χ0v) is 34.7. The zero-order valence-electron chi connectivity index (χ0n) is 32.2. The third-order valence-corrected chi connectivity index (χ3v) is 12.5. The number of hydrogen-bond donors (Lipinski definition) is 6. The average molecular weight is 746 g/mol. The summed E-state index contributed by atoms with van der Waals surface area (Å²) in [5.41, 5.74) is -2.47. The first-order valence-electron chi connectivity index (χ1n) is 17.5. The molecule has 3 unspecified atom stereocenters. The van der Waals surface area contributed by atoms with Crippen molar-refractivity contribution in [2.75, 3.05) is 43.4 Å². The van der Waals surface area contributed by atoms with Crippen LogP contribution in [0, 0.1) is 27.6 Å². The number of amides is 5. The van der Waals surface area contributed by atoms with Crippen LogP contribution >= 0.6 is 34.2 Å². The first kappa shape index (κ1) is 47.1. The van der Waals surface area contributed by atoms with Crippen LogP contribution in [0.4, 0.5) is 0 Å². The van der Waals surface area contributed by atoms with E-state index in [0.717, 1.165) is 5.75 Å². The fraction of sp³-hybridized carbons (Fsp3) is 0.806. The highest BCUT2D eigenvalue weighted by molar-refractivity contribution is 8.76. The molecule has 284 valence electrons. The smallest absolute Gasteiger partial charge is 0.246 e. The predicted octanol–water partition coefficient (Wildman–Crippen LogP) is 5.53. The van der Waals surface area contributed by atoms with Crippen molar-refractivity contribution in [2.24, 2.45) is 27.6 Å². The van der Waals surface area contributed by atoms with Gasteiger partial charge >= 0.3 is 0 Å². The first-order valence-corrected chi connectivity index (χ1v) is 20.7. The van der Waals surface area contributed by atoms with E-state index < -0.39 is 21.7 Å². The second kappa shape index (κ2) is 22.2. The van der Waals surface area contributed by atoms with E-state index in [1.54, 1.807) is 28.5 Å². The van der Waals surface area contributed by atoms with Gasteiger partial charge < -0.3 is 26.6 Å². The van der Waals surface area contributed by atoms with Crippen LogP contribution in [-0.4, -0.2) is 79.0 Å². The molecule has 0 aromatic rings. The molecule has 13 heteroatoms. The molecule has 0 saturated heterocycles.